The second-order valence-electron chi connectivity index (χ2n) is 4.53. The predicted molar refractivity (Wildman–Crippen MR) is 78.8 cm³/mol. The molecule has 3 nitrogen and oxygen atoms in total. The molecule has 0 spiro atoms. The van der Waals surface area contributed by atoms with Gasteiger partial charge in [-0.2, -0.15) is 0 Å². The van der Waals surface area contributed by atoms with E-state index >= 15 is 0 Å². The third-order valence-electron chi connectivity index (χ3n) is 3.10. The van der Waals surface area contributed by atoms with Crippen LogP contribution in [0.25, 0.3) is 10.7 Å². The summed E-state index contributed by atoms with van der Waals surface area (Å²) >= 11 is 5.25. The van der Waals surface area contributed by atoms with Gasteiger partial charge < -0.3 is 5.73 Å². The normalized spacial score (nSPS) is 15.0. The zero-order valence-electron chi connectivity index (χ0n) is 10.1. The van der Waals surface area contributed by atoms with Crippen molar-refractivity contribution in [3.05, 3.63) is 27.2 Å². The van der Waals surface area contributed by atoms with Crippen LogP contribution in [0.1, 0.15) is 36.3 Å². The van der Waals surface area contributed by atoms with Crippen LogP contribution in [0.15, 0.2) is 16.6 Å². The largest absolute Gasteiger partial charge is 0.383 e. The van der Waals surface area contributed by atoms with Gasteiger partial charge in [-0.15, -0.1) is 11.3 Å². The molecule has 1 fully saturated rings. The lowest BCUT2D eigenvalue weighted by Gasteiger charge is -2.06. The van der Waals surface area contributed by atoms with Crippen molar-refractivity contribution in [1.29, 1.82) is 0 Å². The second kappa shape index (κ2) is 4.63. The van der Waals surface area contributed by atoms with Crippen molar-refractivity contribution >= 4 is 33.1 Å². The highest BCUT2D eigenvalue weighted by Gasteiger charge is 2.29. The minimum absolute atomic E-state index is 0.549. The first-order chi connectivity index (χ1) is 8.69. The molecule has 0 aliphatic heterocycles. The molecule has 0 aromatic carbocycles. The van der Waals surface area contributed by atoms with Crippen molar-refractivity contribution < 1.29 is 0 Å². The Morgan fingerprint density at radius 1 is 1.39 bits per heavy atom. The van der Waals surface area contributed by atoms with E-state index in [0.717, 1.165) is 27.3 Å². The van der Waals surface area contributed by atoms with E-state index in [0.29, 0.717) is 11.7 Å². The van der Waals surface area contributed by atoms with Gasteiger partial charge in [0, 0.05) is 10.8 Å². The Balaban J connectivity index is 2.06. The molecule has 94 valence electrons. The number of anilines is 1. The minimum atomic E-state index is 0.549. The number of nitrogen functional groups attached to an aromatic ring is 1. The van der Waals surface area contributed by atoms with Gasteiger partial charge in [0.15, 0.2) is 5.82 Å². The molecule has 1 aliphatic rings. The molecule has 18 heavy (non-hydrogen) atoms. The van der Waals surface area contributed by atoms with E-state index in [1.807, 2.05) is 0 Å². The Kier molecular flexibility index (Phi) is 3.11. The number of aryl methyl sites for hydroxylation is 1. The van der Waals surface area contributed by atoms with Gasteiger partial charge in [-0.3, -0.25) is 0 Å². The highest BCUT2D eigenvalue weighted by Crippen LogP contribution is 2.44. The molecule has 0 bridgehead atoms. The smallest absolute Gasteiger partial charge is 0.171 e. The topological polar surface area (TPSA) is 51.8 Å². The highest BCUT2D eigenvalue weighted by atomic mass is 79.9. The Morgan fingerprint density at radius 3 is 2.78 bits per heavy atom. The Labute approximate surface area is 119 Å². The van der Waals surface area contributed by atoms with Crippen molar-refractivity contribution in [2.45, 2.75) is 32.1 Å². The van der Waals surface area contributed by atoms with Gasteiger partial charge in [0.2, 0.25) is 0 Å². The van der Waals surface area contributed by atoms with Crippen LogP contribution in [-0.4, -0.2) is 9.97 Å². The molecule has 5 heteroatoms. The Morgan fingerprint density at radius 2 is 2.17 bits per heavy atom. The van der Waals surface area contributed by atoms with Crippen LogP contribution < -0.4 is 5.73 Å². The van der Waals surface area contributed by atoms with Gasteiger partial charge >= 0.3 is 0 Å². The van der Waals surface area contributed by atoms with E-state index in [4.69, 9.17) is 5.73 Å². The summed E-state index contributed by atoms with van der Waals surface area (Å²) in [7, 11) is 0. The molecule has 3 rings (SSSR count). The summed E-state index contributed by atoms with van der Waals surface area (Å²) in [5.74, 6) is 1.88. The number of rotatable bonds is 3. The first kappa shape index (κ1) is 12.1. The molecule has 1 aliphatic carbocycles. The van der Waals surface area contributed by atoms with Crippen LogP contribution in [0.2, 0.25) is 0 Å². The van der Waals surface area contributed by atoms with E-state index in [2.05, 4.69) is 45.0 Å². The van der Waals surface area contributed by atoms with Gasteiger partial charge in [0.05, 0.1) is 15.0 Å². The molecule has 0 saturated heterocycles. The molecule has 0 radical (unpaired) electrons. The maximum Gasteiger partial charge on any atom is 0.171 e. The van der Waals surface area contributed by atoms with Crippen molar-refractivity contribution in [1.82, 2.24) is 9.97 Å². The van der Waals surface area contributed by atoms with E-state index in [-0.39, 0.29) is 0 Å². The fourth-order valence-corrected chi connectivity index (χ4v) is 3.29. The average molecular weight is 324 g/mol. The van der Waals surface area contributed by atoms with E-state index in [1.54, 1.807) is 11.3 Å². The Hall–Kier alpha value is -0.940. The van der Waals surface area contributed by atoms with E-state index < -0.39 is 0 Å². The number of hydrogen-bond acceptors (Lipinski definition) is 4. The summed E-state index contributed by atoms with van der Waals surface area (Å²) in [5, 5.41) is 0. The zero-order valence-corrected chi connectivity index (χ0v) is 12.5. The fourth-order valence-electron chi connectivity index (χ4n) is 1.91. The molecule has 0 atom stereocenters. The third-order valence-corrected chi connectivity index (χ3v) is 5.14. The average Bonchev–Trinajstić information content (AvgIpc) is 3.09. The maximum atomic E-state index is 5.97. The number of halogens is 1. The van der Waals surface area contributed by atoms with Crippen LogP contribution >= 0.6 is 27.3 Å². The van der Waals surface area contributed by atoms with Crippen LogP contribution in [0.4, 0.5) is 5.82 Å². The second-order valence-corrected chi connectivity index (χ2v) is 6.49. The van der Waals surface area contributed by atoms with Crippen molar-refractivity contribution in [2.24, 2.45) is 0 Å². The molecule has 1 saturated carbocycles. The lowest BCUT2D eigenvalue weighted by Crippen LogP contribution is -2.01. The Bertz CT molecular complexity index is 590. The van der Waals surface area contributed by atoms with Gasteiger partial charge in [-0.1, -0.05) is 6.92 Å². The van der Waals surface area contributed by atoms with Crippen molar-refractivity contribution in [3.8, 4) is 10.7 Å². The summed E-state index contributed by atoms with van der Waals surface area (Å²) in [6, 6.07) is 4.22. The van der Waals surface area contributed by atoms with Gasteiger partial charge in [-0.05, 0) is 47.3 Å². The molecule has 2 N–H and O–H groups in total. The lowest BCUT2D eigenvalue weighted by molar-refractivity contribution is 0.986. The number of nitrogens with zero attached hydrogens (tertiary/aromatic N) is 2. The molecule has 2 aromatic heterocycles. The SMILES string of the molecule is CCc1ccc(-c2nc(N)c(Br)c(C3CC3)n2)s1. The predicted octanol–water partition coefficient (Wildman–Crippen LogP) is 3.99. The van der Waals surface area contributed by atoms with Crippen LogP contribution in [0.3, 0.4) is 0 Å². The fraction of sp³-hybridized carbons (Fsp3) is 0.385. The quantitative estimate of drug-likeness (QED) is 0.929. The van der Waals surface area contributed by atoms with Crippen LogP contribution in [0.5, 0.6) is 0 Å². The molecule has 0 amide bonds. The van der Waals surface area contributed by atoms with Crippen molar-refractivity contribution in [2.75, 3.05) is 5.73 Å². The molecule has 0 unspecified atom stereocenters. The molecule has 2 aromatic rings. The van der Waals surface area contributed by atoms with E-state index in [1.165, 1.54) is 17.7 Å². The number of aromatic nitrogens is 2. The summed E-state index contributed by atoms with van der Waals surface area (Å²) < 4.78 is 0.876. The number of hydrogen-bond donors (Lipinski definition) is 1. The standard InChI is InChI=1S/C13H14BrN3S/c1-2-8-5-6-9(18-8)13-16-11(7-3-4-7)10(14)12(15)17-13/h5-7H,2-4H2,1H3,(H2,15,16,17). The summed E-state index contributed by atoms with van der Waals surface area (Å²) in [5.41, 5.74) is 7.04. The molecule has 2 heterocycles. The van der Waals surface area contributed by atoms with Gasteiger partial charge in [-0.25, -0.2) is 9.97 Å². The summed E-state index contributed by atoms with van der Waals surface area (Å²) in [6.45, 7) is 2.15. The minimum Gasteiger partial charge on any atom is -0.383 e. The monoisotopic (exact) mass is 323 g/mol. The number of nitrogens with two attached hydrogens (primary N) is 1. The third kappa shape index (κ3) is 2.17. The van der Waals surface area contributed by atoms with Crippen molar-refractivity contribution in [3.63, 3.8) is 0 Å². The van der Waals surface area contributed by atoms with Crippen LogP contribution in [0, 0.1) is 0 Å². The first-order valence-electron chi connectivity index (χ1n) is 6.11. The van der Waals surface area contributed by atoms with E-state index in [9.17, 15) is 0 Å². The van der Waals surface area contributed by atoms with Gasteiger partial charge in [0.1, 0.15) is 5.82 Å². The summed E-state index contributed by atoms with van der Waals surface area (Å²) in [4.78, 5) is 11.5. The summed E-state index contributed by atoms with van der Waals surface area (Å²) in [6.07, 6.45) is 3.46. The zero-order chi connectivity index (χ0) is 12.7. The number of thiophene rings is 1. The molecular formula is C13H14BrN3S. The highest BCUT2D eigenvalue weighted by molar-refractivity contribution is 9.10. The maximum absolute atomic E-state index is 5.97. The van der Waals surface area contributed by atoms with Crippen LogP contribution in [-0.2, 0) is 6.42 Å². The molecular weight excluding hydrogens is 310 g/mol. The lowest BCUT2D eigenvalue weighted by atomic mass is 10.2. The van der Waals surface area contributed by atoms with Gasteiger partial charge in [0.25, 0.3) is 0 Å². The first-order valence-corrected chi connectivity index (χ1v) is 7.72.